The number of nitrogens with zero attached hydrogens (tertiary/aromatic N) is 3. The fourth-order valence-electron chi connectivity index (χ4n) is 3.46. The number of nitrogens with one attached hydrogen (secondary N) is 1. The summed E-state index contributed by atoms with van der Waals surface area (Å²) in [7, 11) is 0. The molecule has 0 bridgehead atoms. The Kier molecular flexibility index (Phi) is 6.65. The third kappa shape index (κ3) is 4.85. The second-order valence-electron chi connectivity index (χ2n) is 8.03. The van der Waals surface area contributed by atoms with Crippen molar-refractivity contribution in [2.24, 2.45) is 0 Å². The summed E-state index contributed by atoms with van der Waals surface area (Å²) in [6.07, 6.45) is 1.04. The zero-order valence-corrected chi connectivity index (χ0v) is 19.8. The average molecular weight is 463 g/mol. The van der Waals surface area contributed by atoms with E-state index in [0.717, 1.165) is 6.42 Å². The molecule has 0 aliphatic heterocycles. The van der Waals surface area contributed by atoms with Gasteiger partial charge in [0.1, 0.15) is 0 Å². The lowest BCUT2D eigenvalue weighted by Crippen LogP contribution is -2.26. The molecular weight excluding hydrogens is 436 g/mol. The van der Waals surface area contributed by atoms with Gasteiger partial charge in [0.05, 0.1) is 27.5 Å². The van der Waals surface area contributed by atoms with Crippen LogP contribution in [0.1, 0.15) is 44.4 Å². The lowest BCUT2D eigenvalue weighted by atomic mass is 9.98. The van der Waals surface area contributed by atoms with E-state index in [1.165, 1.54) is 17.3 Å². The van der Waals surface area contributed by atoms with Gasteiger partial charge in [-0.2, -0.15) is 0 Å². The first-order chi connectivity index (χ1) is 15.9. The van der Waals surface area contributed by atoms with E-state index in [4.69, 9.17) is 9.51 Å². The van der Waals surface area contributed by atoms with Crippen molar-refractivity contribution in [3.05, 3.63) is 76.2 Å². The fraction of sp³-hybridized carbons (Fsp3) is 0.280. The first-order valence-corrected chi connectivity index (χ1v) is 11.8. The molecule has 1 amide bonds. The summed E-state index contributed by atoms with van der Waals surface area (Å²) >= 11 is 1.22. The topological polar surface area (TPSA) is 90.0 Å². The van der Waals surface area contributed by atoms with Crippen LogP contribution in [0.15, 0.2) is 69.1 Å². The van der Waals surface area contributed by atoms with Crippen LogP contribution in [0.5, 0.6) is 0 Å². The molecule has 0 saturated carbocycles. The molecule has 0 fully saturated rings. The SMILES string of the molecule is CCC(C)c1ccc(-n2c(SC(C)C(=O)Nc3cc(C)no3)nc3ccccc3c2=O)cc1. The zero-order valence-electron chi connectivity index (χ0n) is 19.0. The van der Waals surface area contributed by atoms with E-state index in [9.17, 15) is 9.59 Å². The predicted molar refractivity (Wildman–Crippen MR) is 131 cm³/mol. The van der Waals surface area contributed by atoms with E-state index in [0.29, 0.717) is 33.4 Å². The molecule has 2 heterocycles. The van der Waals surface area contributed by atoms with E-state index in [2.05, 4.69) is 24.3 Å². The van der Waals surface area contributed by atoms with Gasteiger partial charge in [-0.1, -0.05) is 55.0 Å². The van der Waals surface area contributed by atoms with Crippen LogP contribution in [0, 0.1) is 6.92 Å². The molecule has 0 radical (unpaired) electrons. The van der Waals surface area contributed by atoms with Crippen LogP contribution in [0.25, 0.3) is 16.6 Å². The minimum Gasteiger partial charge on any atom is -0.338 e. The number of benzene rings is 2. The molecule has 2 unspecified atom stereocenters. The van der Waals surface area contributed by atoms with Crippen LogP contribution in [0.3, 0.4) is 0 Å². The van der Waals surface area contributed by atoms with E-state index in [-0.39, 0.29) is 17.4 Å². The third-order valence-corrected chi connectivity index (χ3v) is 6.66. The Labute approximate surface area is 196 Å². The number of carbonyl (C=O) groups is 1. The van der Waals surface area contributed by atoms with Gasteiger partial charge in [0.25, 0.3) is 5.56 Å². The summed E-state index contributed by atoms with van der Waals surface area (Å²) in [5.41, 5.74) is 3.03. The maximum absolute atomic E-state index is 13.5. The van der Waals surface area contributed by atoms with Crippen LogP contribution in [-0.4, -0.2) is 25.9 Å². The number of fused-ring (bicyclic) bond motifs is 1. The Morgan fingerprint density at radius 2 is 1.88 bits per heavy atom. The lowest BCUT2D eigenvalue weighted by Gasteiger charge is -2.17. The monoisotopic (exact) mass is 462 g/mol. The quantitative estimate of drug-likeness (QED) is 0.295. The van der Waals surface area contributed by atoms with Crippen molar-refractivity contribution in [2.75, 3.05) is 5.32 Å². The number of hydrogen-bond acceptors (Lipinski definition) is 6. The van der Waals surface area contributed by atoms with Gasteiger partial charge in [-0.25, -0.2) is 4.98 Å². The molecule has 2 atom stereocenters. The highest BCUT2D eigenvalue weighted by Gasteiger charge is 2.21. The lowest BCUT2D eigenvalue weighted by molar-refractivity contribution is -0.115. The van der Waals surface area contributed by atoms with Crippen molar-refractivity contribution in [1.82, 2.24) is 14.7 Å². The van der Waals surface area contributed by atoms with Crippen LogP contribution in [-0.2, 0) is 4.79 Å². The van der Waals surface area contributed by atoms with E-state index < -0.39 is 5.25 Å². The van der Waals surface area contributed by atoms with Gasteiger partial charge in [0, 0.05) is 6.07 Å². The summed E-state index contributed by atoms with van der Waals surface area (Å²) in [6.45, 7) is 7.87. The molecule has 4 aromatic rings. The summed E-state index contributed by atoms with van der Waals surface area (Å²) in [6, 6.07) is 16.9. The molecule has 2 aromatic heterocycles. The van der Waals surface area contributed by atoms with Gasteiger partial charge < -0.3 is 4.52 Å². The minimum atomic E-state index is -0.533. The number of hydrogen-bond donors (Lipinski definition) is 1. The zero-order chi connectivity index (χ0) is 23.5. The van der Waals surface area contributed by atoms with Crippen molar-refractivity contribution in [3.8, 4) is 5.69 Å². The van der Waals surface area contributed by atoms with Gasteiger partial charge in [0.15, 0.2) is 5.16 Å². The molecule has 1 N–H and O–H groups in total. The summed E-state index contributed by atoms with van der Waals surface area (Å²) in [5.74, 6) is 0.453. The van der Waals surface area contributed by atoms with Gasteiger partial charge in [-0.15, -0.1) is 0 Å². The minimum absolute atomic E-state index is 0.169. The molecule has 8 heteroatoms. The molecule has 4 rings (SSSR count). The standard InChI is InChI=1S/C25H26N4O3S/c1-5-15(2)18-10-12-19(13-11-18)29-24(31)20-8-6-7-9-21(20)26-25(29)33-17(4)23(30)27-22-14-16(3)28-32-22/h6-15,17H,5H2,1-4H3,(H,27,30). The highest BCUT2D eigenvalue weighted by atomic mass is 32.2. The number of aryl methyl sites for hydroxylation is 1. The van der Waals surface area contributed by atoms with Crippen molar-refractivity contribution in [1.29, 1.82) is 0 Å². The van der Waals surface area contributed by atoms with Crippen LogP contribution in [0.2, 0.25) is 0 Å². The van der Waals surface area contributed by atoms with Crippen molar-refractivity contribution >= 4 is 34.5 Å². The van der Waals surface area contributed by atoms with Crippen molar-refractivity contribution < 1.29 is 9.32 Å². The second kappa shape index (κ2) is 9.62. The largest absolute Gasteiger partial charge is 0.338 e. The summed E-state index contributed by atoms with van der Waals surface area (Å²) in [4.78, 5) is 30.9. The highest BCUT2D eigenvalue weighted by molar-refractivity contribution is 8.00. The number of thioether (sulfide) groups is 1. The summed E-state index contributed by atoms with van der Waals surface area (Å²) < 4.78 is 6.66. The molecule has 33 heavy (non-hydrogen) atoms. The van der Waals surface area contributed by atoms with E-state index in [1.54, 1.807) is 36.6 Å². The van der Waals surface area contributed by atoms with Crippen LogP contribution in [0.4, 0.5) is 5.88 Å². The first kappa shape index (κ1) is 22.8. The van der Waals surface area contributed by atoms with Crippen molar-refractivity contribution in [2.45, 2.75) is 50.4 Å². The Hall–Kier alpha value is -3.39. The van der Waals surface area contributed by atoms with E-state index >= 15 is 0 Å². The number of amides is 1. The first-order valence-electron chi connectivity index (χ1n) is 10.9. The predicted octanol–water partition coefficient (Wildman–Crippen LogP) is 5.31. The molecule has 7 nitrogen and oxygen atoms in total. The van der Waals surface area contributed by atoms with Gasteiger partial charge in [0.2, 0.25) is 11.8 Å². The Morgan fingerprint density at radius 3 is 2.55 bits per heavy atom. The molecule has 0 spiro atoms. The Morgan fingerprint density at radius 1 is 1.15 bits per heavy atom. The number of anilines is 1. The van der Waals surface area contributed by atoms with Gasteiger partial charge in [-0.05, 0) is 56.0 Å². The number of para-hydroxylation sites is 1. The van der Waals surface area contributed by atoms with Gasteiger partial charge >= 0.3 is 0 Å². The van der Waals surface area contributed by atoms with Crippen molar-refractivity contribution in [3.63, 3.8) is 0 Å². The molecule has 170 valence electrons. The molecule has 0 saturated heterocycles. The van der Waals surface area contributed by atoms with Gasteiger partial charge in [-0.3, -0.25) is 19.5 Å². The number of aromatic nitrogens is 3. The Bertz CT molecular complexity index is 1340. The molecular formula is C25H26N4O3S. The maximum Gasteiger partial charge on any atom is 0.266 e. The van der Waals surface area contributed by atoms with Crippen LogP contribution < -0.4 is 10.9 Å². The van der Waals surface area contributed by atoms with Crippen LogP contribution >= 0.6 is 11.8 Å². The average Bonchev–Trinajstić information content (AvgIpc) is 3.23. The Balaban J connectivity index is 1.72. The van der Waals surface area contributed by atoms with E-state index in [1.807, 2.05) is 36.4 Å². The molecule has 0 aliphatic carbocycles. The number of rotatable bonds is 7. The summed E-state index contributed by atoms with van der Waals surface area (Å²) in [5, 5.41) is 6.95. The molecule has 2 aromatic carbocycles. The second-order valence-corrected chi connectivity index (χ2v) is 9.34. The normalized spacial score (nSPS) is 13.1. The highest BCUT2D eigenvalue weighted by Crippen LogP contribution is 2.27. The smallest absolute Gasteiger partial charge is 0.266 e. The number of carbonyl (C=O) groups excluding carboxylic acids is 1. The fourth-order valence-corrected chi connectivity index (χ4v) is 4.39. The maximum atomic E-state index is 13.5. The molecule has 0 aliphatic rings. The third-order valence-electron chi connectivity index (χ3n) is 5.60.